The Morgan fingerprint density at radius 2 is 1.55 bits per heavy atom. The summed E-state index contributed by atoms with van der Waals surface area (Å²) in [6, 6.07) is 6.63. The predicted molar refractivity (Wildman–Crippen MR) is 146 cm³/mol. The summed E-state index contributed by atoms with van der Waals surface area (Å²) in [7, 11) is -3.56. The molecule has 5 atom stereocenters. The van der Waals surface area contributed by atoms with Crippen molar-refractivity contribution in [3.05, 3.63) is 24.3 Å². The number of carbonyl (C=O) groups is 2. The minimum Gasteiger partial charge on any atom is -0.342 e. The van der Waals surface area contributed by atoms with Crippen molar-refractivity contribution < 1.29 is 18.0 Å². The quantitative estimate of drug-likeness (QED) is 0.590. The number of anilines is 1. The van der Waals surface area contributed by atoms with Gasteiger partial charge in [-0.25, -0.2) is 13.4 Å². The highest BCUT2D eigenvalue weighted by molar-refractivity contribution is 7.89. The first-order chi connectivity index (χ1) is 18.1. The van der Waals surface area contributed by atoms with E-state index in [1.807, 2.05) is 0 Å². The molecule has 1 aromatic rings. The van der Waals surface area contributed by atoms with Crippen LogP contribution in [0.25, 0.3) is 0 Å². The second kappa shape index (κ2) is 11.2. The van der Waals surface area contributed by atoms with E-state index in [4.69, 9.17) is 0 Å². The third-order valence-electron chi connectivity index (χ3n) is 9.14. The van der Waals surface area contributed by atoms with Crippen molar-refractivity contribution in [3.63, 3.8) is 0 Å². The Morgan fingerprint density at radius 1 is 0.921 bits per heavy atom. The van der Waals surface area contributed by atoms with Crippen LogP contribution >= 0.6 is 0 Å². The maximum atomic E-state index is 13.6. The fraction of sp³-hybridized carbons (Fsp3) is 0.714. The molecule has 2 N–H and O–H groups in total. The number of piperidine rings is 3. The molecule has 5 unspecified atom stereocenters. The summed E-state index contributed by atoms with van der Waals surface area (Å²) >= 11 is 0. The van der Waals surface area contributed by atoms with E-state index < -0.39 is 10.0 Å². The van der Waals surface area contributed by atoms with Gasteiger partial charge >= 0.3 is 0 Å². The minimum absolute atomic E-state index is 0.0104. The number of benzene rings is 1. The average molecular weight is 546 g/mol. The molecule has 4 aliphatic heterocycles. The standard InChI is InChI=1S/C28H43N5O4S/c1-19-14-20(2)18-31(17-19)28(35)26-16-29-33-13-10-23(15-27(26)33)22-8-11-32(12-9-22)38(36,37)25-6-4-24(5-7-25)30-21(3)34/h4-7,19-20,22-23,26-27,29H,8-18H2,1-3H3,(H,30,34). The Balaban J connectivity index is 1.18. The third kappa shape index (κ3) is 5.78. The van der Waals surface area contributed by atoms with Crippen LogP contribution in [0.3, 0.4) is 0 Å². The molecule has 0 bridgehead atoms. The Hall–Kier alpha value is -2.01. The molecule has 210 valence electrons. The molecule has 4 aliphatic rings. The number of fused-ring (bicyclic) bond motifs is 1. The van der Waals surface area contributed by atoms with Gasteiger partial charge in [-0.2, -0.15) is 4.31 Å². The average Bonchev–Trinajstić information content (AvgIpc) is 3.31. The molecule has 0 radical (unpaired) electrons. The van der Waals surface area contributed by atoms with Gasteiger partial charge in [0.25, 0.3) is 0 Å². The molecule has 5 rings (SSSR count). The van der Waals surface area contributed by atoms with Gasteiger partial charge in [0.05, 0.1) is 10.8 Å². The number of carbonyl (C=O) groups excluding carboxylic acids is 2. The zero-order valence-electron chi connectivity index (χ0n) is 22.9. The first-order valence-electron chi connectivity index (χ1n) is 14.3. The van der Waals surface area contributed by atoms with Crippen LogP contribution in [0, 0.1) is 29.6 Å². The summed E-state index contributed by atoms with van der Waals surface area (Å²) in [5.74, 6) is 2.26. The van der Waals surface area contributed by atoms with Crippen LogP contribution in [-0.4, -0.2) is 79.8 Å². The van der Waals surface area contributed by atoms with Crippen LogP contribution < -0.4 is 10.7 Å². The fourth-order valence-electron chi connectivity index (χ4n) is 7.36. The molecule has 10 heteroatoms. The van der Waals surface area contributed by atoms with Crippen LogP contribution in [0.5, 0.6) is 0 Å². The normalized spacial score (nSPS) is 31.7. The number of hydrogen-bond acceptors (Lipinski definition) is 6. The second-order valence-corrected chi connectivity index (χ2v) is 14.1. The van der Waals surface area contributed by atoms with E-state index in [-0.39, 0.29) is 22.8 Å². The molecule has 4 saturated heterocycles. The number of likely N-dealkylation sites (tertiary alicyclic amines) is 1. The van der Waals surface area contributed by atoms with E-state index in [2.05, 4.69) is 34.5 Å². The SMILES string of the molecule is CC(=O)Nc1ccc(S(=O)(=O)N2CCC(C3CCN4NCC(C(=O)N5CC(C)CC(C)C5)C4C3)CC2)cc1. The molecule has 0 saturated carbocycles. The number of nitrogens with zero attached hydrogens (tertiary/aromatic N) is 3. The molecular weight excluding hydrogens is 502 g/mol. The van der Waals surface area contributed by atoms with Crippen molar-refractivity contribution in [1.29, 1.82) is 0 Å². The Bertz CT molecular complexity index is 1110. The lowest BCUT2D eigenvalue weighted by Crippen LogP contribution is -2.51. The summed E-state index contributed by atoms with van der Waals surface area (Å²) < 4.78 is 28.1. The zero-order valence-corrected chi connectivity index (χ0v) is 23.8. The molecule has 1 aromatic carbocycles. The number of hydrogen-bond donors (Lipinski definition) is 2. The largest absolute Gasteiger partial charge is 0.342 e. The van der Waals surface area contributed by atoms with E-state index >= 15 is 0 Å². The van der Waals surface area contributed by atoms with Crippen molar-refractivity contribution >= 4 is 27.5 Å². The lowest BCUT2D eigenvalue weighted by molar-refractivity contribution is -0.139. The van der Waals surface area contributed by atoms with E-state index in [0.29, 0.717) is 48.4 Å². The van der Waals surface area contributed by atoms with Crippen molar-refractivity contribution in [2.45, 2.75) is 63.8 Å². The number of sulfonamides is 1. The Labute approximate surface area is 227 Å². The maximum Gasteiger partial charge on any atom is 0.243 e. The topological polar surface area (TPSA) is 102 Å². The zero-order chi connectivity index (χ0) is 27.0. The van der Waals surface area contributed by atoms with Gasteiger partial charge in [-0.15, -0.1) is 0 Å². The van der Waals surface area contributed by atoms with Crippen molar-refractivity contribution in [2.75, 3.05) is 44.6 Å². The molecule has 0 spiro atoms. The van der Waals surface area contributed by atoms with Crippen LogP contribution in [0.2, 0.25) is 0 Å². The highest BCUT2D eigenvalue weighted by atomic mass is 32.2. The summed E-state index contributed by atoms with van der Waals surface area (Å²) in [6.07, 6.45) is 5.00. The lowest BCUT2D eigenvalue weighted by atomic mass is 9.75. The summed E-state index contributed by atoms with van der Waals surface area (Å²) in [5.41, 5.74) is 4.10. The molecule has 0 aromatic heterocycles. The molecule has 0 aliphatic carbocycles. The van der Waals surface area contributed by atoms with Gasteiger partial charge in [-0.05, 0) is 80.0 Å². The number of hydrazine groups is 1. The van der Waals surface area contributed by atoms with Crippen molar-refractivity contribution in [2.24, 2.45) is 29.6 Å². The molecule has 2 amide bonds. The monoisotopic (exact) mass is 545 g/mol. The number of amides is 2. The van der Waals surface area contributed by atoms with Crippen LogP contribution in [0.15, 0.2) is 29.2 Å². The maximum absolute atomic E-state index is 13.6. The minimum atomic E-state index is -3.56. The summed E-state index contributed by atoms with van der Waals surface area (Å²) in [4.78, 5) is 27.2. The van der Waals surface area contributed by atoms with Gasteiger partial charge in [0, 0.05) is 57.9 Å². The second-order valence-electron chi connectivity index (χ2n) is 12.2. The summed E-state index contributed by atoms with van der Waals surface area (Å²) in [6.45, 7) is 10.4. The van der Waals surface area contributed by atoms with Crippen LogP contribution in [0.4, 0.5) is 5.69 Å². The van der Waals surface area contributed by atoms with Crippen LogP contribution in [0.1, 0.15) is 52.9 Å². The molecular formula is C28H43N5O4S. The Morgan fingerprint density at radius 3 is 2.18 bits per heavy atom. The lowest BCUT2D eigenvalue weighted by Gasteiger charge is -2.43. The number of nitrogens with one attached hydrogen (secondary N) is 2. The fourth-order valence-corrected chi connectivity index (χ4v) is 8.83. The van der Waals surface area contributed by atoms with Crippen LogP contribution in [-0.2, 0) is 19.6 Å². The van der Waals surface area contributed by atoms with E-state index in [0.717, 1.165) is 51.9 Å². The smallest absolute Gasteiger partial charge is 0.243 e. The van der Waals surface area contributed by atoms with Gasteiger partial charge in [0.1, 0.15) is 0 Å². The van der Waals surface area contributed by atoms with E-state index in [1.165, 1.54) is 13.3 Å². The highest BCUT2D eigenvalue weighted by Crippen LogP contribution is 2.39. The number of rotatable bonds is 5. The van der Waals surface area contributed by atoms with Gasteiger partial charge in [-0.1, -0.05) is 13.8 Å². The molecule has 38 heavy (non-hydrogen) atoms. The van der Waals surface area contributed by atoms with Gasteiger partial charge in [-0.3, -0.25) is 15.0 Å². The highest BCUT2D eigenvalue weighted by Gasteiger charge is 2.46. The van der Waals surface area contributed by atoms with Gasteiger partial charge < -0.3 is 10.2 Å². The van der Waals surface area contributed by atoms with Crippen molar-refractivity contribution in [3.8, 4) is 0 Å². The van der Waals surface area contributed by atoms with E-state index in [9.17, 15) is 18.0 Å². The van der Waals surface area contributed by atoms with Crippen molar-refractivity contribution in [1.82, 2.24) is 19.6 Å². The van der Waals surface area contributed by atoms with Gasteiger partial charge in [0.2, 0.25) is 21.8 Å². The predicted octanol–water partition coefficient (Wildman–Crippen LogP) is 2.77. The Kier molecular flexibility index (Phi) is 8.14. The third-order valence-corrected chi connectivity index (χ3v) is 11.1. The first-order valence-corrected chi connectivity index (χ1v) is 15.7. The van der Waals surface area contributed by atoms with E-state index in [1.54, 1.807) is 28.6 Å². The molecule has 4 heterocycles. The van der Waals surface area contributed by atoms with Gasteiger partial charge in [0.15, 0.2) is 0 Å². The summed E-state index contributed by atoms with van der Waals surface area (Å²) in [5, 5.41) is 4.98. The molecule has 4 fully saturated rings. The first kappa shape index (κ1) is 27.6. The molecule has 9 nitrogen and oxygen atoms in total.